The molecule has 1 aliphatic heterocycles. The lowest BCUT2D eigenvalue weighted by atomic mass is 10.3. The Labute approximate surface area is 161 Å². The zero-order valence-electron chi connectivity index (χ0n) is 14.8. The van der Waals surface area contributed by atoms with E-state index >= 15 is 0 Å². The molecule has 158 valence electrons. The van der Waals surface area contributed by atoms with E-state index in [1.807, 2.05) is 4.72 Å². The van der Waals surface area contributed by atoms with Crippen molar-refractivity contribution < 1.29 is 38.5 Å². The van der Waals surface area contributed by atoms with Crippen LogP contribution in [0.25, 0.3) is 0 Å². The molecule has 1 aromatic rings. The molecule has 0 aromatic carbocycles. The Morgan fingerprint density at radius 2 is 2.00 bits per heavy atom. The molecule has 1 atom stereocenters. The van der Waals surface area contributed by atoms with Crippen LogP contribution in [0.5, 0.6) is 0 Å². The first kappa shape index (κ1) is 23.6. The van der Waals surface area contributed by atoms with Crippen molar-refractivity contribution in [2.24, 2.45) is 9.98 Å². The number of hydrogen-bond donors (Lipinski definition) is 7. The quantitative estimate of drug-likeness (QED) is 0.258. The van der Waals surface area contributed by atoms with Gasteiger partial charge in [0.1, 0.15) is 11.8 Å². The number of carboxylic acid groups (broad SMARTS) is 2. The van der Waals surface area contributed by atoms with Gasteiger partial charge >= 0.3 is 11.9 Å². The van der Waals surface area contributed by atoms with E-state index in [0.717, 1.165) is 0 Å². The Bertz CT molecular complexity index is 722. The van der Waals surface area contributed by atoms with Crippen molar-refractivity contribution in [3.63, 3.8) is 0 Å². The molecule has 0 aliphatic carbocycles. The molecule has 0 spiro atoms. The van der Waals surface area contributed by atoms with Crippen LogP contribution in [0, 0.1) is 0 Å². The van der Waals surface area contributed by atoms with E-state index < -0.39 is 35.5 Å². The highest BCUT2D eigenvalue weighted by Crippen LogP contribution is 2.29. The molecule has 15 heteroatoms. The normalized spacial score (nSPS) is 15.2. The van der Waals surface area contributed by atoms with E-state index in [1.54, 1.807) is 6.92 Å². The van der Waals surface area contributed by atoms with Crippen LogP contribution in [0.15, 0.2) is 14.5 Å². The number of nitrogens with one attached hydrogen (secondary N) is 2. The minimum absolute atomic E-state index is 0.0410. The molecule has 0 saturated carbocycles. The zero-order valence-corrected chi connectivity index (χ0v) is 15.7. The predicted molar refractivity (Wildman–Crippen MR) is 98.3 cm³/mol. The Morgan fingerprint density at radius 3 is 2.50 bits per heavy atom. The van der Waals surface area contributed by atoms with Gasteiger partial charge in [0.05, 0.1) is 32.5 Å². The Morgan fingerprint density at radius 1 is 1.32 bits per heavy atom. The van der Waals surface area contributed by atoms with E-state index in [0.29, 0.717) is 18.8 Å². The standard InChI is InChI=1S/C10H16N6O6S.C3H6O2/c17-5-7(10(18)19)16-23(20,21)13-4-8-14-9(15-22-8)6-3-11-1-2-12-6;1-2-3(4)5/h3,7,13,16-17,20-21H,1-2,4-5H2,(H,18,19);2H2,1H3,(H,4,5)/t7-;/m0./s1. The van der Waals surface area contributed by atoms with Gasteiger partial charge in [-0.3, -0.25) is 28.7 Å². The van der Waals surface area contributed by atoms with Crippen LogP contribution in [-0.4, -0.2) is 84.2 Å². The van der Waals surface area contributed by atoms with E-state index in [1.165, 1.54) is 6.21 Å². The minimum Gasteiger partial charge on any atom is -0.481 e. The molecule has 1 aromatic heterocycles. The molecule has 28 heavy (non-hydrogen) atoms. The summed E-state index contributed by atoms with van der Waals surface area (Å²) < 4.78 is 28.5. The third kappa shape index (κ3) is 8.51. The smallest absolute Gasteiger partial charge is 0.324 e. The summed E-state index contributed by atoms with van der Waals surface area (Å²) in [6, 6.07) is -1.53. The van der Waals surface area contributed by atoms with Gasteiger partial charge in [0.25, 0.3) is 0 Å². The molecule has 0 saturated heterocycles. The molecular formula is C13H22N6O8S. The number of aliphatic hydroxyl groups excluding tert-OH is 1. The lowest BCUT2D eigenvalue weighted by molar-refractivity contribution is -0.140. The Hall–Kier alpha value is -2.43. The highest BCUT2D eigenvalue weighted by atomic mass is 32.3. The van der Waals surface area contributed by atoms with Crippen molar-refractivity contribution >= 4 is 34.8 Å². The van der Waals surface area contributed by atoms with Gasteiger partial charge < -0.3 is 19.8 Å². The lowest BCUT2D eigenvalue weighted by Gasteiger charge is -2.34. The summed E-state index contributed by atoms with van der Waals surface area (Å²) in [7, 11) is -3.68. The number of aromatic nitrogens is 2. The molecule has 14 nitrogen and oxygen atoms in total. The summed E-state index contributed by atoms with van der Waals surface area (Å²) in [4.78, 5) is 32.3. The highest BCUT2D eigenvalue weighted by Gasteiger charge is 2.24. The van der Waals surface area contributed by atoms with E-state index in [-0.39, 0.29) is 24.7 Å². The number of nitrogens with zero attached hydrogens (tertiary/aromatic N) is 4. The topological polar surface area (TPSA) is 223 Å². The summed E-state index contributed by atoms with van der Waals surface area (Å²) >= 11 is 0. The molecule has 2 heterocycles. The van der Waals surface area contributed by atoms with Crippen molar-refractivity contribution in [1.29, 1.82) is 0 Å². The molecule has 2 rings (SSSR count). The number of carbonyl (C=O) groups is 2. The molecule has 1 aliphatic rings. The molecule has 7 N–H and O–H groups in total. The number of aliphatic carboxylic acids is 2. The number of aliphatic hydroxyl groups is 1. The second kappa shape index (κ2) is 11.4. The monoisotopic (exact) mass is 422 g/mol. The number of aliphatic imine (C=N–C) groups is 2. The number of rotatable bonds is 9. The van der Waals surface area contributed by atoms with Crippen LogP contribution in [-0.2, 0) is 16.1 Å². The van der Waals surface area contributed by atoms with Crippen LogP contribution in [0.2, 0.25) is 0 Å². The van der Waals surface area contributed by atoms with Gasteiger partial charge in [-0.15, -0.1) is 0 Å². The van der Waals surface area contributed by atoms with E-state index in [9.17, 15) is 18.7 Å². The SMILES string of the molecule is CCC(=O)O.O=C(O)[C@H](CO)NS(O)(O)NCc1nc(C2=NCCN=C2)no1. The fourth-order valence-corrected chi connectivity index (χ4v) is 2.53. The summed E-state index contributed by atoms with van der Waals surface area (Å²) in [5.74, 6) is -1.92. The zero-order chi connectivity index (χ0) is 21.2. The van der Waals surface area contributed by atoms with Crippen LogP contribution in [0.3, 0.4) is 0 Å². The van der Waals surface area contributed by atoms with Crippen LogP contribution in [0.1, 0.15) is 25.1 Å². The second-order valence-corrected chi connectivity index (χ2v) is 6.74. The first-order valence-corrected chi connectivity index (χ1v) is 9.46. The fourth-order valence-electron chi connectivity index (χ4n) is 1.55. The summed E-state index contributed by atoms with van der Waals surface area (Å²) in [5, 5.41) is 29.0. The summed E-state index contributed by atoms with van der Waals surface area (Å²) in [6.45, 7) is 1.68. The minimum atomic E-state index is -3.68. The van der Waals surface area contributed by atoms with Gasteiger partial charge in [0.2, 0.25) is 11.7 Å². The van der Waals surface area contributed by atoms with E-state index in [2.05, 4.69) is 24.8 Å². The largest absolute Gasteiger partial charge is 0.481 e. The maximum absolute atomic E-state index is 10.7. The molecule has 0 radical (unpaired) electrons. The molecule has 0 bridgehead atoms. The van der Waals surface area contributed by atoms with Gasteiger partial charge in [-0.25, -0.2) is 0 Å². The van der Waals surface area contributed by atoms with Gasteiger partial charge in [0.15, 0.2) is 0 Å². The Kier molecular flexibility index (Phi) is 9.63. The van der Waals surface area contributed by atoms with Gasteiger partial charge in [-0.2, -0.15) is 14.4 Å². The van der Waals surface area contributed by atoms with Gasteiger partial charge in [-0.1, -0.05) is 23.0 Å². The fraction of sp³-hybridized carbons (Fsp3) is 0.538. The van der Waals surface area contributed by atoms with E-state index in [4.69, 9.17) is 19.8 Å². The van der Waals surface area contributed by atoms with Gasteiger partial charge in [0, 0.05) is 6.42 Å². The summed E-state index contributed by atoms with van der Waals surface area (Å²) in [5.41, 5.74) is 0.460. The third-order valence-electron chi connectivity index (χ3n) is 2.94. The van der Waals surface area contributed by atoms with Crippen molar-refractivity contribution in [2.45, 2.75) is 25.9 Å². The van der Waals surface area contributed by atoms with Crippen LogP contribution in [0.4, 0.5) is 0 Å². The third-order valence-corrected chi connectivity index (χ3v) is 4.10. The average molecular weight is 422 g/mol. The lowest BCUT2D eigenvalue weighted by Crippen LogP contribution is -2.45. The maximum atomic E-state index is 10.7. The van der Waals surface area contributed by atoms with Crippen molar-refractivity contribution in [3.8, 4) is 0 Å². The molecular weight excluding hydrogens is 400 g/mol. The summed E-state index contributed by atoms with van der Waals surface area (Å²) in [6.07, 6.45) is 1.74. The average Bonchev–Trinajstić information content (AvgIpc) is 3.15. The maximum Gasteiger partial charge on any atom is 0.324 e. The first-order chi connectivity index (χ1) is 13.2. The van der Waals surface area contributed by atoms with Crippen LogP contribution >= 0.6 is 11.0 Å². The molecule has 0 unspecified atom stereocenters. The predicted octanol–water partition coefficient (Wildman–Crippen LogP) is -0.871. The molecule has 0 amide bonds. The Balaban J connectivity index is 0.000000696. The van der Waals surface area contributed by atoms with Crippen molar-refractivity contribution in [2.75, 3.05) is 19.7 Å². The van der Waals surface area contributed by atoms with Crippen molar-refractivity contribution in [1.82, 2.24) is 19.6 Å². The highest BCUT2D eigenvalue weighted by molar-refractivity contribution is 8.21. The second-order valence-electron chi connectivity index (χ2n) is 5.12. The first-order valence-electron chi connectivity index (χ1n) is 7.91. The number of carboxylic acids is 2. The van der Waals surface area contributed by atoms with Crippen LogP contribution < -0.4 is 9.44 Å². The number of hydrogen-bond acceptors (Lipinski definition) is 12. The molecule has 0 fully saturated rings. The van der Waals surface area contributed by atoms with Crippen molar-refractivity contribution in [3.05, 3.63) is 11.7 Å². The van der Waals surface area contributed by atoms with Gasteiger partial charge in [-0.05, 0) is 0 Å².